The van der Waals surface area contributed by atoms with Crippen LogP contribution in [0.5, 0.6) is 5.75 Å². The average molecular weight is 571 g/mol. The lowest BCUT2D eigenvalue weighted by atomic mass is 10.0. The summed E-state index contributed by atoms with van der Waals surface area (Å²) in [7, 11) is -7.59. The summed E-state index contributed by atoms with van der Waals surface area (Å²) in [6.45, 7) is 3.68. The molecule has 4 unspecified atom stereocenters. The zero-order chi connectivity index (χ0) is 28.1. The van der Waals surface area contributed by atoms with E-state index in [1.807, 2.05) is 49.4 Å². The van der Waals surface area contributed by atoms with Crippen molar-refractivity contribution in [1.82, 2.24) is 0 Å². The van der Waals surface area contributed by atoms with Crippen LogP contribution in [0.25, 0.3) is 16.7 Å². The Labute approximate surface area is 233 Å². The van der Waals surface area contributed by atoms with Gasteiger partial charge in [-0.15, -0.1) is 0 Å². The first kappa shape index (κ1) is 26.6. The molecule has 2 heterocycles. The summed E-state index contributed by atoms with van der Waals surface area (Å²) in [5.74, 6) is -2.02. The topological polar surface area (TPSA) is 93.1 Å². The van der Waals surface area contributed by atoms with Crippen LogP contribution in [0.3, 0.4) is 0 Å². The van der Waals surface area contributed by atoms with Gasteiger partial charge in [-0.05, 0) is 60.4 Å². The highest BCUT2D eigenvalue weighted by Gasteiger charge is 2.45. The van der Waals surface area contributed by atoms with E-state index in [0.717, 1.165) is 22.3 Å². The van der Waals surface area contributed by atoms with Crippen molar-refractivity contribution in [3.05, 3.63) is 132 Å². The molecule has 40 heavy (non-hydrogen) atoms. The molecule has 4 aromatic rings. The first-order chi connectivity index (χ1) is 19.3. The van der Waals surface area contributed by atoms with Gasteiger partial charge < -0.3 is 19.3 Å². The highest BCUT2D eigenvalue weighted by Crippen LogP contribution is 2.65. The van der Waals surface area contributed by atoms with E-state index in [1.165, 1.54) is 0 Å². The van der Waals surface area contributed by atoms with E-state index in [0.29, 0.717) is 33.2 Å². The van der Waals surface area contributed by atoms with Crippen molar-refractivity contribution in [1.29, 1.82) is 0 Å². The fourth-order valence-electron chi connectivity index (χ4n) is 5.39. The van der Waals surface area contributed by atoms with Crippen LogP contribution in [-0.4, -0.2) is 10.2 Å². The SMILES string of the molecule is CC=C1/C(=C\C)OP(=O)(C(O)c2ccc(C(O)P3(=O)Oc4ccccc4-c4ccccc43)cc2)c2ccccc21. The van der Waals surface area contributed by atoms with Crippen LogP contribution >= 0.6 is 14.7 Å². The maximum absolute atomic E-state index is 14.3. The zero-order valence-corrected chi connectivity index (χ0v) is 23.8. The lowest BCUT2D eigenvalue weighted by molar-refractivity contribution is 0.231. The predicted molar refractivity (Wildman–Crippen MR) is 158 cm³/mol. The third kappa shape index (κ3) is 4.03. The Morgan fingerprint density at radius 1 is 0.600 bits per heavy atom. The van der Waals surface area contributed by atoms with E-state index in [-0.39, 0.29) is 0 Å². The van der Waals surface area contributed by atoms with Gasteiger partial charge in [0.25, 0.3) is 0 Å². The molecular weight excluding hydrogens is 542 g/mol. The van der Waals surface area contributed by atoms with E-state index < -0.39 is 26.4 Å². The fourth-order valence-corrected chi connectivity index (χ4v) is 10.0. The van der Waals surface area contributed by atoms with Gasteiger partial charge in [-0.1, -0.05) is 84.9 Å². The number of hydrogen-bond acceptors (Lipinski definition) is 6. The number of aliphatic hydroxyl groups is 2. The molecular formula is C32H28O6P2. The Kier molecular flexibility index (Phi) is 6.68. The number of benzene rings is 4. The number of fused-ring (bicyclic) bond motifs is 4. The van der Waals surface area contributed by atoms with Crippen LogP contribution in [-0.2, 0) is 13.7 Å². The van der Waals surface area contributed by atoms with Gasteiger partial charge in [-0.2, -0.15) is 0 Å². The van der Waals surface area contributed by atoms with Crippen molar-refractivity contribution >= 4 is 30.9 Å². The number of hydrogen-bond donors (Lipinski definition) is 2. The molecule has 4 aromatic carbocycles. The summed E-state index contributed by atoms with van der Waals surface area (Å²) in [5.41, 5.74) is 3.84. The first-order valence-corrected chi connectivity index (χ1v) is 16.4. The molecule has 0 aliphatic carbocycles. The normalized spacial score (nSPS) is 24.7. The summed E-state index contributed by atoms with van der Waals surface area (Å²) in [6.07, 6.45) is 3.63. The van der Waals surface area contributed by atoms with E-state index in [9.17, 15) is 19.3 Å². The van der Waals surface area contributed by atoms with Gasteiger partial charge in [0.1, 0.15) is 11.5 Å². The van der Waals surface area contributed by atoms with Gasteiger partial charge in [0.15, 0.2) is 11.7 Å². The second-order valence-corrected chi connectivity index (χ2v) is 14.4. The standard InChI is InChI=1S/C32H28O6P2/c1-3-23-25-12-6-9-15-29(25)39(35,37-27(23)4-2)31(33)21-17-19-22(20-18-21)32(34)40(36)30-16-10-7-13-26(30)24-11-5-8-14-28(24)38-40/h3-20,31-34H,1-2H3/b23-3?,27-4+. The highest BCUT2D eigenvalue weighted by molar-refractivity contribution is 7.68. The van der Waals surface area contributed by atoms with Crippen molar-refractivity contribution in [2.45, 2.75) is 25.5 Å². The smallest absolute Gasteiger partial charge is 0.310 e. The van der Waals surface area contributed by atoms with Gasteiger partial charge in [-0.25, -0.2) is 0 Å². The molecule has 0 saturated heterocycles. The molecule has 0 spiro atoms. The maximum atomic E-state index is 14.3. The second kappa shape index (κ2) is 10.1. The molecule has 0 fully saturated rings. The van der Waals surface area contributed by atoms with Crippen molar-refractivity contribution in [3.63, 3.8) is 0 Å². The van der Waals surface area contributed by atoms with Crippen molar-refractivity contribution in [2.75, 3.05) is 0 Å². The molecule has 2 N–H and O–H groups in total. The van der Waals surface area contributed by atoms with Crippen molar-refractivity contribution in [2.24, 2.45) is 0 Å². The van der Waals surface area contributed by atoms with E-state index >= 15 is 0 Å². The molecule has 6 rings (SSSR count). The van der Waals surface area contributed by atoms with Gasteiger partial charge >= 0.3 is 14.7 Å². The Bertz CT molecular complexity index is 1770. The molecule has 2 aliphatic heterocycles. The summed E-state index contributed by atoms with van der Waals surface area (Å²) < 4.78 is 40.6. The van der Waals surface area contributed by atoms with Gasteiger partial charge in [-0.3, -0.25) is 9.13 Å². The van der Waals surface area contributed by atoms with Gasteiger partial charge in [0, 0.05) is 11.1 Å². The Hall–Kier alpha value is -3.66. The minimum Gasteiger partial charge on any atom is -0.438 e. The minimum absolute atomic E-state index is 0.349. The third-order valence-corrected chi connectivity index (χ3v) is 12.4. The van der Waals surface area contributed by atoms with Crippen LogP contribution in [0, 0.1) is 0 Å². The average Bonchev–Trinajstić information content (AvgIpc) is 3.00. The van der Waals surface area contributed by atoms with Crippen LogP contribution in [0.4, 0.5) is 0 Å². The third-order valence-electron chi connectivity index (χ3n) is 7.41. The van der Waals surface area contributed by atoms with Crippen LogP contribution < -0.4 is 15.1 Å². The van der Waals surface area contributed by atoms with Crippen molar-refractivity contribution < 1.29 is 28.4 Å². The molecule has 0 bridgehead atoms. The lowest BCUT2D eigenvalue weighted by Gasteiger charge is -2.33. The molecule has 4 atom stereocenters. The number of rotatable bonds is 4. The zero-order valence-electron chi connectivity index (χ0n) is 22.0. The van der Waals surface area contributed by atoms with E-state index in [4.69, 9.17) is 9.05 Å². The molecule has 202 valence electrons. The number of aliphatic hydroxyl groups excluding tert-OH is 2. The van der Waals surface area contributed by atoms with Gasteiger partial charge in [0.2, 0.25) is 0 Å². The summed E-state index contributed by atoms with van der Waals surface area (Å²) in [6, 6.07) is 28.0. The maximum Gasteiger partial charge on any atom is 0.310 e. The molecule has 8 heteroatoms. The fraction of sp³-hybridized carbons (Fsp3) is 0.125. The molecule has 0 saturated carbocycles. The lowest BCUT2D eigenvalue weighted by Crippen LogP contribution is -2.23. The molecule has 2 aliphatic rings. The Morgan fingerprint density at radius 2 is 1.07 bits per heavy atom. The largest absolute Gasteiger partial charge is 0.438 e. The Morgan fingerprint density at radius 3 is 1.65 bits per heavy atom. The molecule has 0 amide bonds. The second-order valence-electron chi connectivity index (χ2n) is 9.68. The summed E-state index contributed by atoms with van der Waals surface area (Å²) in [5, 5.41) is 23.7. The summed E-state index contributed by atoms with van der Waals surface area (Å²) >= 11 is 0. The Balaban J connectivity index is 1.35. The van der Waals surface area contributed by atoms with Crippen LogP contribution in [0.2, 0.25) is 0 Å². The number of para-hydroxylation sites is 1. The molecule has 6 nitrogen and oxygen atoms in total. The quantitative estimate of drug-likeness (QED) is 0.251. The summed E-state index contributed by atoms with van der Waals surface area (Å²) in [4.78, 5) is 0. The van der Waals surface area contributed by atoms with Crippen molar-refractivity contribution in [3.8, 4) is 16.9 Å². The van der Waals surface area contributed by atoms with Crippen LogP contribution in [0.1, 0.15) is 42.2 Å². The first-order valence-electron chi connectivity index (χ1n) is 13.0. The van der Waals surface area contributed by atoms with E-state index in [2.05, 4.69) is 0 Å². The van der Waals surface area contributed by atoms with Crippen LogP contribution in [0.15, 0.2) is 115 Å². The molecule has 0 aromatic heterocycles. The van der Waals surface area contributed by atoms with Gasteiger partial charge in [0.05, 0.1) is 10.6 Å². The number of allylic oxidation sites excluding steroid dienone is 3. The predicted octanol–water partition coefficient (Wildman–Crippen LogP) is 7.27. The minimum atomic E-state index is -3.79. The highest BCUT2D eigenvalue weighted by atomic mass is 31.2. The monoisotopic (exact) mass is 570 g/mol. The van der Waals surface area contributed by atoms with E-state index in [1.54, 1.807) is 73.7 Å². The molecule has 0 radical (unpaired) electrons.